The van der Waals surface area contributed by atoms with Crippen molar-refractivity contribution in [1.29, 1.82) is 0 Å². The van der Waals surface area contributed by atoms with Gasteiger partial charge in [0.25, 0.3) is 0 Å². The minimum atomic E-state index is 0.311. The van der Waals surface area contributed by atoms with Gasteiger partial charge in [0.05, 0.1) is 27.8 Å². The number of fused-ring (bicyclic) bond motifs is 11. The first-order chi connectivity index (χ1) is 27.7. The maximum absolute atomic E-state index is 6.02. The molecule has 4 heteroatoms. The van der Waals surface area contributed by atoms with Crippen LogP contribution in [-0.4, -0.2) is 14.8 Å². The zero-order valence-corrected chi connectivity index (χ0v) is 31.0. The summed E-state index contributed by atoms with van der Waals surface area (Å²) in [5.74, 6) is 6.33. The molecule has 0 saturated heterocycles. The summed E-state index contributed by atoms with van der Waals surface area (Å²) in [5, 5.41) is 9.32. The maximum Gasteiger partial charge on any atom is 0.0905 e. The number of nitrogens with zero attached hydrogens (tertiary/aromatic N) is 3. The first kappa shape index (κ1) is 32.3. The van der Waals surface area contributed by atoms with Crippen LogP contribution in [0.2, 0.25) is 0 Å². The van der Waals surface area contributed by atoms with E-state index in [9.17, 15) is 0 Å². The normalized spacial score (nSPS) is 16.4. The highest BCUT2D eigenvalue weighted by Gasteiger charge is 2.32. The van der Waals surface area contributed by atoms with Gasteiger partial charge in [-0.25, -0.2) is 0 Å². The Bertz CT molecular complexity index is 3170. The van der Waals surface area contributed by atoms with Gasteiger partial charge in [-0.3, -0.25) is 0 Å². The molecule has 1 atom stereocenters. The van der Waals surface area contributed by atoms with Gasteiger partial charge >= 0.3 is 0 Å². The molecule has 0 amide bonds. The summed E-state index contributed by atoms with van der Waals surface area (Å²) < 4.78 is 4.96. The fourth-order valence-electron chi connectivity index (χ4n) is 9.70. The van der Waals surface area contributed by atoms with Crippen LogP contribution < -0.4 is 5.84 Å². The molecule has 56 heavy (non-hydrogen) atoms. The Kier molecular flexibility index (Phi) is 7.33. The number of allylic oxidation sites excluding steroid dienone is 5. The number of para-hydroxylation sites is 2. The van der Waals surface area contributed by atoms with Crippen molar-refractivity contribution in [1.82, 2.24) is 9.13 Å². The molecule has 0 radical (unpaired) electrons. The minimum Gasteiger partial charge on any atom is -0.323 e. The first-order valence-corrected chi connectivity index (χ1v) is 19.5. The lowest BCUT2D eigenvalue weighted by Crippen LogP contribution is -2.07. The second-order valence-corrected chi connectivity index (χ2v) is 14.8. The van der Waals surface area contributed by atoms with Gasteiger partial charge in [-0.2, -0.15) is 5.10 Å². The van der Waals surface area contributed by atoms with Crippen molar-refractivity contribution in [3.63, 3.8) is 0 Å². The van der Waals surface area contributed by atoms with Gasteiger partial charge in [0, 0.05) is 44.4 Å². The molecule has 4 nitrogen and oxygen atoms in total. The van der Waals surface area contributed by atoms with Crippen LogP contribution in [0.15, 0.2) is 193 Å². The van der Waals surface area contributed by atoms with Crippen molar-refractivity contribution in [3.05, 3.63) is 210 Å². The molecule has 2 N–H and O–H groups in total. The Hall–Kier alpha value is -7.17. The lowest BCUT2D eigenvalue weighted by Gasteiger charge is -2.18. The average molecular weight is 719 g/mol. The van der Waals surface area contributed by atoms with E-state index in [0.29, 0.717) is 5.92 Å². The van der Waals surface area contributed by atoms with Crippen molar-refractivity contribution in [2.75, 3.05) is 0 Å². The van der Waals surface area contributed by atoms with E-state index in [-0.39, 0.29) is 0 Å². The number of hydrogen-bond acceptors (Lipinski definition) is 2. The molecule has 2 aliphatic rings. The van der Waals surface area contributed by atoms with Crippen LogP contribution in [0, 0.1) is 0 Å². The molecule has 266 valence electrons. The Labute approximate surface area is 325 Å². The standard InChI is InChI=1S/C52H38N4/c1-2-37-38-22-9-10-23-39(38)40-28-30-46-50(49(37)40)43-29-31-47-51(42-25-12-14-27-45(42)55(47)35-19-7-4-8-20-35)52(43)56(46)36-21-15-18-34(32-36)48(33-16-5-3-6-17-33)41-24-11-13-26-44(41)54-53/h3-32,37H,2,53H2,1H3/b48-41-,54-44-. The van der Waals surface area contributed by atoms with Crippen LogP contribution in [0.5, 0.6) is 0 Å². The summed E-state index contributed by atoms with van der Waals surface area (Å²) in [6.07, 6.45) is 9.18. The Morgan fingerprint density at radius 3 is 2.11 bits per heavy atom. The molecular weight excluding hydrogens is 681 g/mol. The third-order valence-corrected chi connectivity index (χ3v) is 11.9. The average Bonchev–Trinajstić information content (AvgIpc) is 3.90. The molecule has 11 rings (SSSR count). The lowest BCUT2D eigenvalue weighted by atomic mass is 9.89. The Morgan fingerprint density at radius 2 is 1.27 bits per heavy atom. The molecule has 2 aliphatic carbocycles. The van der Waals surface area contributed by atoms with Crippen LogP contribution in [-0.2, 0) is 0 Å². The number of rotatable bonds is 5. The number of hydrogen-bond donors (Lipinski definition) is 1. The van der Waals surface area contributed by atoms with Crippen molar-refractivity contribution in [2.45, 2.75) is 19.3 Å². The molecule has 0 saturated carbocycles. The van der Waals surface area contributed by atoms with Crippen molar-refractivity contribution < 1.29 is 0 Å². The van der Waals surface area contributed by atoms with E-state index >= 15 is 0 Å². The summed E-state index contributed by atoms with van der Waals surface area (Å²) in [4.78, 5) is 0. The predicted octanol–water partition coefficient (Wildman–Crippen LogP) is 12.6. The van der Waals surface area contributed by atoms with Crippen LogP contribution in [0.4, 0.5) is 0 Å². The molecule has 0 fully saturated rings. The second kappa shape index (κ2) is 12.7. The van der Waals surface area contributed by atoms with Crippen LogP contribution in [0.25, 0.3) is 71.7 Å². The topological polar surface area (TPSA) is 48.2 Å². The van der Waals surface area contributed by atoms with Gasteiger partial charge in [0.1, 0.15) is 0 Å². The summed E-state index contributed by atoms with van der Waals surface area (Å²) in [7, 11) is 0. The number of hydrazone groups is 1. The molecule has 0 bridgehead atoms. The van der Waals surface area contributed by atoms with E-state index in [0.717, 1.165) is 45.8 Å². The van der Waals surface area contributed by atoms with E-state index < -0.39 is 0 Å². The maximum atomic E-state index is 6.02. The Balaban J connectivity index is 1.29. The highest BCUT2D eigenvalue weighted by Crippen LogP contribution is 2.52. The third-order valence-electron chi connectivity index (χ3n) is 11.9. The molecule has 0 spiro atoms. The zero-order chi connectivity index (χ0) is 37.3. The van der Waals surface area contributed by atoms with E-state index in [1.165, 1.54) is 65.9 Å². The van der Waals surface area contributed by atoms with Crippen molar-refractivity contribution in [2.24, 2.45) is 10.9 Å². The smallest absolute Gasteiger partial charge is 0.0905 e. The SMILES string of the molecule is CCC1c2ccccc2-c2ccc3c(c21)c1ccc2c(c4ccccc4n2-c2ccccc2)c1n3-c1cccc(/C(=C2/C=CC=C/C2=N/N)c2ccccc2)c1. The quantitative estimate of drug-likeness (QED) is 0.140. The van der Waals surface area contributed by atoms with Gasteiger partial charge in [-0.15, -0.1) is 0 Å². The summed E-state index contributed by atoms with van der Waals surface area (Å²) >= 11 is 0. The molecule has 9 aromatic rings. The minimum absolute atomic E-state index is 0.311. The number of nitrogens with two attached hydrogens (primary N) is 1. The van der Waals surface area contributed by atoms with Crippen LogP contribution in [0.1, 0.15) is 41.5 Å². The third kappa shape index (κ3) is 4.63. The van der Waals surface area contributed by atoms with Gasteiger partial charge in [0.15, 0.2) is 0 Å². The second-order valence-electron chi connectivity index (χ2n) is 14.8. The summed E-state index contributed by atoms with van der Waals surface area (Å²) in [5.41, 5.74) is 17.7. The monoisotopic (exact) mass is 718 g/mol. The largest absolute Gasteiger partial charge is 0.323 e. The van der Waals surface area contributed by atoms with Gasteiger partial charge in [-0.05, 0) is 93.9 Å². The van der Waals surface area contributed by atoms with Crippen LogP contribution >= 0.6 is 0 Å². The highest BCUT2D eigenvalue weighted by atomic mass is 15.1. The first-order valence-electron chi connectivity index (χ1n) is 19.5. The summed E-state index contributed by atoms with van der Waals surface area (Å²) in [6.45, 7) is 2.33. The van der Waals surface area contributed by atoms with E-state index in [2.05, 4.69) is 191 Å². The van der Waals surface area contributed by atoms with E-state index in [1.54, 1.807) is 0 Å². The van der Waals surface area contributed by atoms with Gasteiger partial charge in [0.2, 0.25) is 0 Å². The van der Waals surface area contributed by atoms with E-state index in [4.69, 9.17) is 5.84 Å². The van der Waals surface area contributed by atoms with Crippen LogP contribution in [0.3, 0.4) is 0 Å². The van der Waals surface area contributed by atoms with E-state index in [1.807, 2.05) is 12.2 Å². The van der Waals surface area contributed by atoms with Crippen molar-refractivity contribution >= 4 is 54.9 Å². The molecule has 2 aromatic heterocycles. The zero-order valence-electron chi connectivity index (χ0n) is 31.0. The summed E-state index contributed by atoms with van der Waals surface area (Å²) in [6, 6.07) is 57.7. The predicted molar refractivity (Wildman–Crippen MR) is 235 cm³/mol. The van der Waals surface area contributed by atoms with Gasteiger partial charge < -0.3 is 15.0 Å². The fourth-order valence-corrected chi connectivity index (χ4v) is 9.70. The highest BCUT2D eigenvalue weighted by molar-refractivity contribution is 6.27. The lowest BCUT2D eigenvalue weighted by molar-refractivity contribution is 0.803. The van der Waals surface area contributed by atoms with Gasteiger partial charge in [-0.1, -0.05) is 140 Å². The number of benzene rings is 7. The number of aromatic nitrogens is 2. The fraction of sp³-hybridized carbons (Fsp3) is 0.0577. The molecule has 7 aromatic carbocycles. The Morgan fingerprint density at radius 1 is 0.571 bits per heavy atom. The van der Waals surface area contributed by atoms with Crippen molar-refractivity contribution in [3.8, 4) is 22.5 Å². The molecule has 0 aliphatic heterocycles. The molecule has 1 unspecified atom stereocenters. The molecular formula is C52H38N4. The molecule has 2 heterocycles.